The number of likely N-dealkylation sites (N-methyl/N-ethyl adjacent to an activating group) is 1. The van der Waals surface area contributed by atoms with Crippen molar-refractivity contribution in [2.75, 3.05) is 31.1 Å². The second kappa shape index (κ2) is 10.3. The first-order chi connectivity index (χ1) is 12.1. The molecule has 0 spiro atoms. The quantitative estimate of drug-likeness (QED) is 0.677. The second-order valence-corrected chi connectivity index (χ2v) is 6.82. The molecule has 134 valence electrons. The Labute approximate surface area is 161 Å². The first-order valence-corrected chi connectivity index (χ1v) is 9.45. The standard InChI is InChI=1S/C20H26ClN3S/c1-3-24(19-6-4-5-16(2)15-19)14-13-23-20(25)22-12-11-17-7-9-18(21)10-8-17/h4-10,15H,3,11-14H2,1-2H3,(H2,22,23,25). The number of rotatable bonds is 8. The Kier molecular flexibility index (Phi) is 8.02. The highest BCUT2D eigenvalue weighted by atomic mass is 35.5. The van der Waals surface area contributed by atoms with E-state index in [1.54, 1.807) is 0 Å². The van der Waals surface area contributed by atoms with Gasteiger partial charge in [0.15, 0.2) is 5.11 Å². The maximum absolute atomic E-state index is 5.89. The normalized spacial score (nSPS) is 10.4. The van der Waals surface area contributed by atoms with Crippen molar-refractivity contribution < 1.29 is 0 Å². The van der Waals surface area contributed by atoms with E-state index in [4.69, 9.17) is 23.8 Å². The molecule has 25 heavy (non-hydrogen) atoms. The summed E-state index contributed by atoms with van der Waals surface area (Å²) in [6.45, 7) is 7.80. The lowest BCUT2D eigenvalue weighted by molar-refractivity contribution is 0.757. The van der Waals surface area contributed by atoms with Crippen LogP contribution in [0.4, 0.5) is 5.69 Å². The van der Waals surface area contributed by atoms with Gasteiger partial charge in [-0.2, -0.15) is 0 Å². The number of thiocarbonyl (C=S) groups is 1. The molecule has 2 aromatic rings. The SMILES string of the molecule is CCN(CCNC(=S)NCCc1ccc(Cl)cc1)c1cccc(C)c1. The lowest BCUT2D eigenvalue weighted by Crippen LogP contribution is -2.40. The number of hydrogen-bond acceptors (Lipinski definition) is 2. The monoisotopic (exact) mass is 375 g/mol. The molecule has 0 heterocycles. The fourth-order valence-corrected chi connectivity index (χ4v) is 2.96. The number of halogens is 1. The number of anilines is 1. The minimum absolute atomic E-state index is 0.703. The van der Waals surface area contributed by atoms with E-state index < -0.39 is 0 Å². The molecule has 5 heteroatoms. The van der Waals surface area contributed by atoms with E-state index in [-0.39, 0.29) is 0 Å². The zero-order valence-electron chi connectivity index (χ0n) is 14.9. The van der Waals surface area contributed by atoms with Crippen molar-refractivity contribution in [3.05, 3.63) is 64.7 Å². The highest BCUT2D eigenvalue weighted by molar-refractivity contribution is 7.80. The number of hydrogen-bond donors (Lipinski definition) is 2. The molecule has 3 nitrogen and oxygen atoms in total. The molecule has 0 aromatic heterocycles. The van der Waals surface area contributed by atoms with Crippen LogP contribution in [0.25, 0.3) is 0 Å². The van der Waals surface area contributed by atoms with Crippen molar-refractivity contribution >= 4 is 34.6 Å². The third-order valence-electron chi connectivity index (χ3n) is 4.03. The summed E-state index contributed by atoms with van der Waals surface area (Å²) in [4.78, 5) is 2.34. The molecule has 2 N–H and O–H groups in total. The smallest absolute Gasteiger partial charge is 0.166 e. The van der Waals surface area contributed by atoms with Crippen LogP contribution in [0, 0.1) is 6.92 Å². The van der Waals surface area contributed by atoms with Crippen LogP contribution in [0.2, 0.25) is 5.02 Å². The van der Waals surface area contributed by atoms with E-state index in [2.05, 4.69) is 53.6 Å². The Hall–Kier alpha value is -1.78. The van der Waals surface area contributed by atoms with Crippen LogP contribution in [0.15, 0.2) is 48.5 Å². The lowest BCUT2D eigenvalue weighted by Gasteiger charge is -2.24. The van der Waals surface area contributed by atoms with Crippen LogP contribution >= 0.6 is 23.8 Å². The Balaban J connectivity index is 1.68. The van der Waals surface area contributed by atoms with E-state index >= 15 is 0 Å². The van der Waals surface area contributed by atoms with Gasteiger partial charge < -0.3 is 15.5 Å². The van der Waals surface area contributed by atoms with Gasteiger partial charge in [0.1, 0.15) is 0 Å². The third kappa shape index (κ3) is 6.92. The topological polar surface area (TPSA) is 27.3 Å². The summed E-state index contributed by atoms with van der Waals surface area (Å²) in [5.74, 6) is 0. The highest BCUT2D eigenvalue weighted by Crippen LogP contribution is 2.15. The van der Waals surface area contributed by atoms with Gasteiger partial charge in [-0.15, -0.1) is 0 Å². The van der Waals surface area contributed by atoms with E-state index in [9.17, 15) is 0 Å². The zero-order chi connectivity index (χ0) is 18.1. The van der Waals surface area contributed by atoms with Crippen molar-refractivity contribution in [1.82, 2.24) is 10.6 Å². The van der Waals surface area contributed by atoms with Crippen LogP contribution in [-0.2, 0) is 6.42 Å². The Morgan fingerprint density at radius 3 is 2.48 bits per heavy atom. The zero-order valence-corrected chi connectivity index (χ0v) is 16.5. The fourth-order valence-electron chi connectivity index (χ4n) is 2.63. The maximum atomic E-state index is 5.89. The van der Waals surface area contributed by atoms with Crippen LogP contribution in [0.1, 0.15) is 18.1 Å². The predicted octanol–water partition coefficient (Wildman–Crippen LogP) is 4.18. The number of nitrogens with zero attached hydrogens (tertiary/aromatic N) is 1. The summed E-state index contributed by atoms with van der Waals surface area (Å²) in [5.41, 5.74) is 3.78. The number of benzene rings is 2. The Bertz CT molecular complexity index is 673. The molecule has 0 bridgehead atoms. The fraction of sp³-hybridized carbons (Fsp3) is 0.350. The van der Waals surface area contributed by atoms with E-state index in [1.165, 1.54) is 16.8 Å². The van der Waals surface area contributed by atoms with Gasteiger partial charge in [-0.25, -0.2) is 0 Å². The average molecular weight is 376 g/mol. The minimum atomic E-state index is 0.703. The number of aryl methyl sites for hydroxylation is 1. The Morgan fingerprint density at radius 1 is 1.08 bits per heavy atom. The van der Waals surface area contributed by atoms with Crippen molar-refractivity contribution in [1.29, 1.82) is 0 Å². The van der Waals surface area contributed by atoms with E-state index in [1.807, 2.05) is 24.3 Å². The van der Waals surface area contributed by atoms with Crippen molar-refractivity contribution in [2.24, 2.45) is 0 Å². The van der Waals surface area contributed by atoms with Crippen LogP contribution in [-0.4, -0.2) is 31.3 Å². The van der Waals surface area contributed by atoms with Gasteiger partial charge in [-0.3, -0.25) is 0 Å². The molecule has 2 aromatic carbocycles. The Morgan fingerprint density at radius 2 is 1.80 bits per heavy atom. The summed E-state index contributed by atoms with van der Waals surface area (Å²) < 4.78 is 0. The number of nitrogens with one attached hydrogen (secondary N) is 2. The molecule has 0 fully saturated rings. The molecular weight excluding hydrogens is 350 g/mol. The van der Waals surface area contributed by atoms with E-state index in [0.717, 1.165) is 37.6 Å². The van der Waals surface area contributed by atoms with Gasteiger partial charge >= 0.3 is 0 Å². The molecule has 0 radical (unpaired) electrons. The van der Waals surface area contributed by atoms with Crippen molar-refractivity contribution in [3.63, 3.8) is 0 Å². The molecular formula is C20H26ClN3S. The highest BCUT2D eigenvalue weighted by Gasteiger charge is 2.04. The van der Waals surface area contributed by atoms with Gasteiger partial charge in [-0.05, 0) is 67.9 Å². The molecule has 0 amide bonds. The average Bonchev–Trinajstić information content (AvgIpc) is 2.60. The van der Waals surface area contributed by atoms with Gasteiger partial charge in [0.25, 0.3) is 0 Å². The molecule has 0 aliphatic carbocycles. The molecule has 0 aliphatic rings. The maximum Gasteiger partial charge on any atom is 0.166 e. The molecule has 0 atom stereocenters. The molecule has 0 saturated heterocycles. The molecule has 2 rings (SSSR count). The summed E-state index contributed by atoms with van der Waals surface area (Å²) in [6.07, 6.45) is 0.920. The van der Waals surface area contributed by atoms with Gasteiger partial charge in [0.2, 0.25) is 0 Å². The third-order valence-corrected chi connectivity index (χ3v) is 4.57. The minimum Gasteiger partial charge on any atom is -0.370 e. The molecule has 0 aliphatic heterocycles. The van der Waals surface area contributed by atoms with Gasteiger partial charge in [-0.1, -0.05) is 35.9 Å². The summed E-state index contributed by atoms with van der Waals surface area (Å²) in [5, 5.41) is 8.01. The van der Waals surface area contributed by atoms with Crippen molar-refractivity contribution in [3.8, 4) is 0 Å². The van der Waals surface area contributed by atoms with Crippen LogP contribution in [0.5, 0.6) is 0 Å². The lowest BCUT2D eigenvalue weighted by atomic mass is 10.1. The molecule has 0 unspecified atom stereocenters. The summed E-state index contributed by atoms with van der Waals surface area (Å²) in [6, 6.07) is 16.5. The van der Waals surface area contributed by atoms with Gasteiger partial charge in [0.05, 0.1) is 0 Å². The summed E-state index contributed by atoms with van der Waals surface area (Å²) >= 11 is 11.2. The van der Waals surface area contributed by atoms with E-state index in [0.29, 0.717) is 5.11 Å². The first-order valence-electron chi connectivity index (χ1n) is 8.66. The predicted molar refractivity (Wildman–Crippen MR) is 113 cm³/mol. The van der Waals surface area contributed by atoms with Crippen molar-refractivity contribution in [2.45, 2.75) is 20.3 Å². The second-order valence-electron chi connectivity index (χ2n) is 5.98. The summed E-state index contributed by atoms with van der Waals surface area (Å²) in [7, 11) is 0. The largest absolute Gasteiger partial charge is 0.370 e. The first kappa shape index (κ1) is 19.5. The van der Waals surface area contributed by atoms with Gasteiger partial charge in [0, 0.05) is 36.9 Å². The van der Waals surface area contributed by atoms with Crippen LogP contribution in [0.3, 0.4) is 0 Å². The van der Waals surface area contributed by atoms with Crippen LogP contribution < -0.4 is 15.5 Å². The molecule has 0 saturated carbocycles.